The topological polar surface area (TPSA) is 68.2 Å². The van der Waals surface area contributed by atoms with E-state index in [9.17, 15) is 9.59 Å². The van der Waals surface area contributed by atoms with Crippen LogP contribution in [0.3, 0.4) is 0 Å². The van der Waals surface area contributed by atoms with Gasteiger partial charge in [0.05, 0.1) is 5.56 Å². The van der Waals surface area contributed by atoms with Crippen molar-refractivity contribution in [2.75, 3.05) is 0 Å². The number of hydrogen-bond acceptors (Lipinski definition) is 5. The minimum Gasteiger partial charge on any atom is -0.448 e. The molecule has 0 saturated heterocycles. The first kappa shape index (κ1) is 15.5. The molecule has 112 valence electrons. The lowest BCUT2D eigenvalue weighted by atomic mass is 10.2. The van der Waals surface area contributed by atoms with Crippen LogP contribution in [0.15, 0.2) is 27.8 Å². The van der Waals surface area contributed by atoms with E-state index in [-0.39, 0.29) is 11.8 Å². The zero-order valence-electron chi connectivity index (χ0n) is 12.1. The largest absolute Gasteiger partial charge is 0.448 e. The van der Waals surface area contributed by atoms with Crippen molar-refractivity contribution in [2.24, 2.45) is 5.10 Å². The first-order valence-electron chi connectivity index (χ1n) is 6.27. The number of esters is 1. The van der Waals surface area contributed by atoms with Gasteiger partial charge in [-0.15, -0.1) is 5.10 Å². The van der Waals surface area contributed by atoms with Crippen molar-refractivity contribution < 1.29 is 19.1 Å². The van der Waals surface area contributed by atoms with Gasteiger partial charge in [-0.2, -0.15) is 5.01 Å². The van der Waals surface area contributed by atoms with Crippen LogP contribution in [0.2, 0.25) is 0 Å². The number of nitrogens with zero attached hydrogens (tertiary/aromatic N) is 2. The molecule has 6 nitrogen and oxygen atoms in total. The van der Waals surface area contributed by atoms with Gasteiger partial charge in [0, 0.05) is 18.3 Å². The first-order valence-corrected chi connectivity index (χ1v) is 7.07. The first-order chi connectivity index (χ1) is 9.70. The second kappa shape index (κ2) is 5.48. The summed E-state index contributed by atoms with van der Waals surface area (Å²) in [5.41, 5.74) is -0.395. The van der Waals surface area contributed by atoms with Gasteiger partial charge in [-0.05, 0) is 32.0 Å². The number of hydrazone groups is 1. The minimum absolute atomic E-state index is 0.229. The van der Waals surface area contributed by atoms with Crippen LogP contribution in [-0.4, -0.2) is 28.5 Å². The lowest BCUT2D eigenvalue weighted by Gasteiger charge is -2.26. The van der Waals surface area contributed by atoms with Crippen molar-refractivity contribution in [1.29, 1.82) is 0 Å². The molecule has 2 rings (SSSR count). The molecule has 0 radical (unpaired) electrons. The van der Waals surface area contributed by atoms with Crippen LogP contribution < -0.4 is 4.74 Å². The third-order valence-electron chi connectivity index (χ3n) is 2.77. The normalized spacial score (nSPS) is 16.2. The number of rotatable bonds is 2. The van der Waals surface area contributed by atoms with Gasteiger partial charge in [-0.25, -0.2) is 0 Å². The molecule has 0 bridgehead atoms. The van der Waals surface area contributed by atoms with Crippen LogP contribution in [-0.2, 0) is 14.3 Å². The van der Waals surface area contributed by atoms with Crippen LogP contribution in [0.1, 0.15) is 33.3 Å². The maximum atomic E-state index is 11.6. The summed E-state index contributed by atoms with van der Waals surface area (Å²) in [4.78, 5) is 22.8. The Labute approximate surface area is 130 Å². The van der Waals surface area contributed by atoms with Gasteiger partial charge in [0.1, 0.15) is 5.75 Å². The highest BCUT2D eigenvalue weighted by atomic mass is 79.9. The fourth-order valence-corrected chi connectivity index (χ4v) is 2.34. The van der Waals surface area contributed by atoms with Crippen molar-refractivity contribution in [2.45, 2.75) is 33.4 Å². The van der Waals surface area contributed by atoms with E-state index in [0.717, 1.165) is 4.47 Å². The fourth-order valence-electron chi connectivity index (χ4n) is 1.98. The predicted octanol–water partition coefficient (Wildman–Crippen LogP) is 2.65. The van der Waals surface area contributed by atoms with Crippen molar-refractivity contribution >= 4 is 33.7 Å². The monoisotopic (exact) mass is 354 g/mol. The van der Waals surface area contributed by atoms with Gasteiger partial charge >= 0.3 is 5.97 Å². The molecule has 1 aliphatic heterocycles. The Morgan fingerprint density at radius 2 is 2.00 bits per heavy atom. The standard InChI is InChI=1S/C14H15BrN2O4/c1-8(18)17-14(3,4)21-13(16-17)11-7-10(15)5-6-12(11)20-9(2)19/h5-7H,1-4H3. The van der Waals surface area contributed by atoms with E-state index in [1.165, 1.54) is 18.9 Å². The molecular weight excluding hydrogens is 340 g/mol. The zero-order valence-corrected chi connectivity index (χ0v) is 13.7. The van der Waals surface area contributed by atoms with E-state index in [2.05, 4.69) is 21.0 Å². The molecule has 0 spiro atoms. The minimum atomic E-state index is -0.892. The highest BCUT2D eigenvalue weighted by Gasteiger charge is 2.39. The van der Waals surface area contributed by atoms with Crippen LogP contribution in [0.5, 0.6) is 5.75 Å². The smallest absolute Gasteiger partial charge is 0.308 e. The Balaban J connectivity index is 2.47. The molecule has 1 heterocycles. The maximum Gasteiger partial charge on any atom is 0.308 e. The van der Waals surface area contributed by atoms with Gasteiger partial charge in [0.15, 0.2) is 0 Å². The summed E-state index contributed by atoms with van der Waals surface area (Å²) < 4.78 is 11.7. The summed E-state index contributed by atoms with van der Waals surface area (Å²) in [5.74, 6) is -0.128. The number of ether oxygens (including phenoxy) is 2. The summed E-state index contributed by atoms with van der Waals surface area (Å²) in [6.45, 7) is 6.18. The van der Waals surface area contributed by atoms with Crippen LogP contribution >= 0.6 is 15.9 Å². The van der Waals surface area contributed by atoms with Gasteiger partial charge in [0.2, 0.25) is 17.5 Å². The van der Waals surface area contributed by atoms with Gasteiger partial charge < -0.3 is 9.47 Å². The van der Waals surface area contributed by atoms with E-state index in [1.807, 2.05) is 0 Å². The van der Waals surface area contributed by atoms with E-state index in [0.29, 0.717) is 11.3 Å². The van der Waals surface area contributed by atoms with Crippen LogP contribution in [0.25, 0.3) is 0 Å². The van der Waals surface area contributed by atoms with Crippen LogP contribution in [0.4, 0.5) is 0 Å². The predicted molar refractivity (Wildman–Crippen MR) is 79.7 cm³/mol. The maximum absolute atomic E-state index is 11.6. The molecule has 0 aliphatic carbocycles. The molecule has 1 aliphatic rings. The lowest BCUT2D eigenvalue weighted by Crippen LogP contribution is -2.41. The van der Waals surface area contributed by atoms with Crippen molar-refractivity contribution in [3.63, 3.8) is 0 Å². The highest BCUT2D eigenvalue weighted by molar-refractivity contribution is 9.10. The number of amides is 1. The second-order valence-corrected chi connectivity index (χ2v) is 5.93. The second-order valence-electron chi connectivity index (χ2n) is 5.02. The van der Waals surface area contributed by atoms with E-state index >= 15 is 0 Å². The molecule has 1 aromatic carbocycles. The Bertz CT molecular complexity index is 640. The molecule has 0 aromatic heterocycles. The third kappa shape index (κ3) is 3.24. The number of hydrogen-bond donors (Lipinski definition) is 0. The molecule has 1 aromatic rings. The molecular formula is C14H15BrN2O4. The molecule has 21 heavy (non-hydrogen) atoms. The Morgan fingerprint density at radius 3 is 2.52 bits per heavy atom. The molecule has 0 saturated carbocycles. The zero-order chi connectivity index (χ0) is 15.8. The van der Waals surface area contributed by atoms with Crippen molar-refractivity contribution in [3.8, 4) is 5.75 Å². The quantitative estimate of drug-likeness (QED) is 0.604. The SMILES string of the molecule is CC(=O)Oc1ccc(Br)cc1C1=NN(C(C)=O)C(C)(C)O1. The van der Waals surface area contributed by atoms with E-state index in [1.54, 1.807) is 32.0 Å². The Hall–Kier alpha value is -1.89. The lowest BCUT2D eigenvalue weighted by molar-refractivity contribution is -0.142. The van der Waals surface area contributed by atoms with Crippen molar-refractivity contribution in [3.05, 3.63) is 28.2 Å². The molecule has 0 N–H and O–H groups in total. The average molecular weight is 355 g/mol. The summed E-state index contributed by atoms with van der Waals surface area (Å²) in [7, 11) is 0. The molecule has 0 unspecified atom stereocenters. The number of benzene rings is 1. The summed E-state index contributed by atoms with van der Waals surface area (Å²) in [6, 6.07) is 5.10. The average Bonchev–Trinajstić information content (AvgIpc) is 2.67. The Morgan fingerprint density at radius 1 is 1.33 bits per heavy atom. The number of carbonyl (C=O) groups is 2. The van der Waals surface area contributed by atoms with Crippen LogP contribution in [0, 0.1) is 0 Å². The van der Waals surface area contributed by atoms with E-state index in [4.69, 9.17) is 9.47 Å². The Kier molecular flexibility index (Phi) is 4.04. The van der Waals surface area contributed by atoms with E-state index < -0.39 is 11.7 Å². The molecule has 1 amide bonds. The summed E-state index contributed by atoms with van der Waals surface area (Å²) in [5, 5.41) is 5.44. The van der Waals surface area contributed by atoms with Gasteiger partial charge in [-0.1, -0.05) is 15.9 Å². The highest BCUT2D eigenvalue weighted by Crippen LogP contribution is 2.31. The van der Waals surface area contributed by atoms with Gasteiger partial charge in [-0.3, -0.25) is 9.59 Å². The van der Waals surface area contributed by atoms with Crippen molar-refractivity contribution in [1.82, 2.24) is 5.01 Å². The summed E-state index contributed by atoms with van der Waals surface area (Å²) in [6.07, 6.45) is 0. The fraction of sp³-hybridized carbons (Fsp3) is 0.357. The number of halogens is 1. The molecule has 0 atom stereocenters. The number of carbonyl (C=O) groups excluding carboxylic acids is 2. The molecule has 0 fully saturated rings. The third-order valence-corrected chi connectivity index (χ3v) is 3.26. The molecule has 7 heteroatoms. The van der Waals surface area contributed by atoms with Gasteiger partial charge in [0.25, 0.3) is 0 Å². The summed E-state index contributed by atoms with van der Waals surface area (Å²) >= 11 is 3.35.